The summed E-state index contributed by atoms with van der Waals surface area (Å²) in [5.74, 6) is -0.752. The van der Waals surface area contributed by atoms with Gasteiger partial charge in [0.2, 0.25) is 16.0 Å². The average molecular weight is 486 g/mol. The van der Waals surface area contributed by atoms with E-state index in [1.807, 2.05) is 11.9 Å². The summed E-state index contributed by atoms with van der Waals surface area (Å²) in [5, 5.41) is 10.9. The smallest absolute Gasteiger partial charge is 0.253 e. The van der Waals surface area contributed by atoms with Crippen molar-refractivity contribution in [3.63, 3.8) is 0 Å². The highest BCUT2D eigenvalue weighted by molar-refractivity contribution is 7.89. The highest BCUT2D eigenvalue weighted by Crippen LogP contribution is 2.22. The van der Waals surface area contributed by atoms with Gasteiger partial charge in [-0.3, -0.25) is 4.79 Å². The molecule has 2 aromatic carbocycles. The summed E-state index contributed by atoms with van der Waals surface area (Å²) >= 11 is 0. The Hall–Kier alpha value is -3.61. The largest absolute Gasteiger partial charge is 0.338 e. The molecule has 0 atom stereocenters. The van der Waals surface area contributed by atoms with Gasteiger partial charge in [-0.25, -0.2) is 22.9 Å². The third kappa shape index (κ3) is 5.65. The Kier molecular flexibility index (Phi) is 6.72. The van der Waals surface area contributed by atoms with Crippen LogP contribution in [-0.4, -0.2) is 67.3 Å². The van der Waals surface area contributed by atoms with Crippen molar-refractivity contribution in [3.8, 4) is 0 Å². The van der Waals surface area contributed by atoms with E-state index in [1.54, 1.807) is 30.3 Å². The summed E-state index contributed by atoms with van der Waals surface area (Å²) in [6.07, 6.45) is 0.993. The van der Waals surface area contributed by atoms with Crippen LogP contribution in [0.5, 0.6) is 0 Å². The molecule has 2 heterocycles. The number of anilines is 4. The molecule has 1 amide bonds. The van der Waals surface area contributed by atoms with Crippen LogP contribution in [0.3, 0.4) is 0 Å². The number of primary sulfonamides is 1. The van der Waals surface area contributed by atoms with E-state index in [0.717, 1.165) is 19.3 Å². The van der Waals surface area contributed by atoms with Crippen LogP contribution in [0.2, 0.25) is 0 Å². The molecule has 4 N–H and O–H groups in total. The number of nitrogens with one attached hydrogen (secondary N) is 2. The molecular formula is C22H24FN7O3S. The number of nitrogens with two attached hydrogens (primary N) is 1. The second-order valence-corrected chi connectivity index (χ2v) is 9.45. The number of aromatic nitrogens is 2. The maximum absolute atomic E-state index is 14.3. The molecular weight excluding hydrogens is 461 g/mol. The average Bonchev–Trinajstić information content (AvgIpc) is 2.81. The van der Waals surface area contributed by atoms with E-state index in [2.05, 4.69) is 25.5 Å². The number of hydrogen-bond acceptors (Lipinski definition) is 8. The van der Waals surface area contributed by atoms with Crippen LogP contribution in [0, 0.1) is 5.82 Å². The highest BCUT2D eigenvalue weighted by atomic mass is 32.2. The van der Waals surface area contributed by atoms with Crippen molar-refractivity contribution in [1.82, 2.24) is 19.8 Å². The zero-order valence-electron chi connectivity index (χ0n) is 18.4. The van der Waals surface area contributed by atoms with E-state index in [1.165, 1.54) is 18.2 Å². The second-order valence-electron chi connectivity index (χ2n) is 7.89. The monoisotopic (exact) mass is 485 g/mol. The van der Waals surface area contributed by atoms with Crippen molar-refractivity contribution in [3.05, 3.63) is 66.1 Å². The molecule has 10 nitrogen and oxygen atoms in total. The van der Waals surface area contributed by atoms with E-state index in [4.69, 9.17) is 5.14 Å². The lowest BCUT2D eigenvalue weighted by atomic mass is 10.1. The number of amides is 1. The SMILES string of the molecule is CN1CCN(C(=O)c2ccc(Nc3nc(Nc4cccc(S(N)(=O)=O)c4)ncc3F)cc2)CC1. The first kappa shape index (κ1) is 23.5. The summed E-state index contributed by atoms with van der Waals surface area (Å²) in [5.41, 5.74) is 1.46. The molecule has 1 aliphatic rings. The van der Waals surface area contributed by atoms with Crippen LogP contribution in [0.4, 0.5) is 27.5 Å². The standard InChI is InChI=1S/C22H24FN7O3S/c1-29-9-11-30(12-10-29)21(31)15-5-7-16(8-6-15)26-20-19(23)14-25-22(28-20)27-17-3-2-4-18(13-17)34(24,32)33/h2-8,13-14H,9-12H2,1H3,(H2,24,32,33)(H2,25,26,27,28). The van der Waals surface area contributed by atoms with E-state index in [9.17, 15) is 17.6 Å². The summed E-state index contributed by atoms with van der Waals surface area (Å²) < 4.78 is 37.4. The van der Waals surface area contributed by atoms with Crippen molar-refractivity contribution in [2.45, 2.75) is 4.90 Å². The van der Waals surface area contributed by atoms with Crippen LogP contribution in [0.15, 0.2) is 59.6 Å². The van der Waals surface area contributed by atoms with Crippen LogP contribution in [0.25, 0.3) is 0 Å². The number of likely N-dealkylation sites (N-methyl/N-ethyl adjacent to an activating group) is 1. The molecule has 4 rings (SSSR count). The maximum Gasteiger partial charge on any atom is 0.253 e. The van der Waals surface area contributed by atoms with Gasteiger partial charge < -0.3 is 20.4 Å². The number of carbonyl (C=O) groups excluding carboxylic acids is 1. The van der Waals surface area contributed by atoms with Crippen molar-refractivity contribution in [2.24, 2.45) is 5.14 Å². The Bertz CT molecular complexity index is 1290. The van der Waals surface area contributed by atoms with Gasteiger partial charge in [0, 0.05) is 43.1 Å². The zero-order valence-corrected chi connectivity index (χ0v) is 19.2. The van der Waals surface area contributed by atoms with Gasteiger partial charge in [0.05, 0.1) is 11.1 Å². The Morgan fingerprint density at radius 2 is 1.74 bits per heavy atom. The van der Waals surface area contributed by atoms with Gasteiger partial charge in [-0.2, -0.15) is 4.98 Å². The molecule has 0 radical (unpaired) electrons. The topological polar surface area (TPSA) is 134 Å². The predicted octanol–water partition coefficient (Wildman–Crippen LogP) is 2.14. The van der Waals surface area contributed by atoms with Crippen molar-refractivity contribution in [1.29, 1.82) is 0 Å². The molecule has 34 heavy (non-hydrogen) atoms. The van der Waals surface area contributed by atoms with Crippen molar-refractivity contribution < 1.29 is 17.6 Å². The van der Waals surface area contributed by atoms with Gasteiger partial charge in [-0.15, -0.1) is 0 Å². The van der Waals surface area contributed by atoms with E-state index in [0.29, 0.717) is 30.0 Å². The number of nitrogens with zero attached hydrogens (tertiary/aromatic N) is 4. The van der Waals surface area contributed by atoms with Crippen molar-refractivity contribution in [2.75, 3.05) is 43.9 Å². The summed E-state index contributed by atoms with van der Waals surface area (Å²) in [4.78, 5) is 24.6. The summed E-state index contributed by atoms with van der Waals surface area (Å²) in [6.45, 7) is 3.02. The minimum atomic E-state index is -3.87. The lowest BCUT2D eigenvalue weighted by Gasteiger charge is -2.32. The van der Waals surface area contributed by atoms with Crippen LogP contribution in [-0.2, 0) is 10.0 Å². The van der Waals surface area contributed by atoms with Crippen LogP contribution >= 0.6 is 0 Å². The third-order valence-corrected chi connectivity index (χ3v) is 6.26. The minimum absolute atomic E-state index is 0.0407. The molecule has 0 spiro atoms. The molecule has 0 bridgehead atoms. The molecule has 178 valence electrons. The van der Waals surface area contributed by atoms with Gasteiger partial charge in [-0.1, -0.05) is 6.07 Å². The first-order valence-electron chi connectivity index (χ1n) is 10.5. The fourth-order valence-corrected chi connectivity index (χ4v) is 3.98. The Balaban J connectivity index is 1.46. The molecule has 1 saturated heterocycles. The first-order valence-corrected chi connectivity index (χ1v) is 12.0. The highest BCUT2D eigenvalue weighted by Gasteiger charge is 2.20. The number of benzene rings is 2. The molecule has 12 heteroatoms. The lowest BCUT2D eigenvalue weighted by Crippen LogP contribution is -2.47. The minimum Gasteiger partial charge on any atom is -0.338 e. The van der Waals surface area contributed by atoms with Gasteiger partial charge in [0.25, 0.3) is 5.91 Å². The molecule has 0 unspecified atom stereocenters. The maximum atomic E-state index is 14.3. The van der Waals surface area contributed by atoms with E-state index < -0.39 is 15.8 Å². The number of halogens is 1. The molecule has 3 aromatic rings. The first-order chi connectivity index (χ1) is 16.2. The number of rotatable bonds is 6. The van der Waals surface area contributed by atoms with Crippen LogP contribution in [0.1, 0.15) is 10.4 Å². The fraction of sp³-hybridized carbons (Fsp3) is 0.227. The second kappa shape index (κ2) is 9.71. The normalized spacial score (nSPS) is 14.6. The van der Waals surface area contributed by atoms with Gasteiger partial charge in [0.15, 0.2) is 11.6 Å². The van der Waals surface area contributed by atoms with Crippen LogP contribution < -0.4 is 15.8 Å². The zero-order chi connectivity index (χ0) is 24.3. The Morgan fingerprint density at radius 3 is 2.41 bits per heavy atom. The quantitative estimate of drug-likeness (QED) is 0.484. The number of carbonyl (C=O) groups is 1. The number of hydrogen-bond donors (Lipinski definition) is 3. The van der Waals surface area contributed by atoms with E-state index >= 15 is 0 Å². The predicted molar refractivity (Wildman–Crippen MR) is 126 cm³/mol. The molecule has 0 aliphatic carbocycles. The summed E-state index contributed by atoms with van der Waals surface area (Å²) in [6, 6.07) is 12.5. The van der Waals surface area contributed by atoms with Gasteiger partial charge >= 0.3 is 0 Å². The van der Waals surface area contributed by atoms with Gasteiger partial charge in [0.1, 0.15) is 0 Å². The third-order valence-electron chi connectivity index (χ3n) is 5.35. The Labute approximate surface area is 196 Å². The molecule has 1 fully saturated rings. The van der Waals surface area contributed by atoms with E-state index in [-0.39, 0.29) is 22.6 Å². The molecule has 1 aliphatic heterocycles. The summed E-state index contributed by atoms with van der Waals surface area (Å²) in [7, 11) is -1.85. The molecule has 1 aromatic heterocycles. The van der Waals surface area contributed by atoms with Gasteiger partial charge in [-0.05, 0) is 49.5 Å². The fourth-order valence-electron chi connectivity index (χ4n) is 3.42. The van der Waals surface area contributed by atoms with Crippen molar-refractivity contribution >= 4 is 39.1 Å². The number of piperazine rings is 1. The Morgan fingerprint density at radius 1 is 1.03 bits per heavy atom. The molecule has 0 saturated carbocycles. The lowest BCUT2D eigenvalue weighted by molar-refractivity contribution is 0.0664. The number of sulfonamides is 1.